The van der Waals surface area contributed by atoms with Gasteiger partial charge in [0, 0.05) is 5.69 Å². The van der Waals surface area contributed by atoms with Crippen LogP contribution in [0.4, 0.5) is 5.69 Å². The molecular weight excluding hydrogens is 162 g/mol. The summed E-state index contributed by atoms with van der Waals surface area (Å²) in [6, 6.07) is 5.96. The fourth-order valence-corrected chi connectivity index (χ4v) is 1.56. The zero-order valence-corrected chi connectivity index (χ0v) is 7.92. The molecule has 0 atom stereocenters. The van der Waals surface area contributed by atoms with Crippen molar-refractivity contribution >= 4 is 5.69 Å². The molecular formula is C11H15NO. The summed E-state index contributed by atoms with van der Waals surface area (Å²) in [7, 11) is 0. The lowest BCUT2D eigenvalue weighted by molar-refractivity contribution is 0.340. The van der Waals surface area contributed by atoms with Crippen LogP contribution in [-0.4, -0.2) is 6.61 Å². The number of nitrogens with two attached hydrogens (primary N) is 1. The van der Waals surface area contributed by atoms with Gasteiger partial charge in [0.25, 0.3) is 0 Å². The summed E-state index contributed by atoms with van der Waals surface area (Å²) in [6.45, 7) is 2.71. The maximum absolute atomic E-state index is 5.87. The molecule has 0 radical (unpaired) electrons. The fourth-order valence-electron chi connectivity index (χ4n) is 1.56. The highest BCUT2D eigenvalue weighted by Crippen LogP contribution is 2.43. The Balaban J connectivity index is 2.25. The summed E-state index contributed by atoms with van der Waals surface area (Å²) >= 11 is 0. The van der Waals surface area contributed by atoms with Crippen LogP contribution in [0.2, 0.25) is 0 Å². The van der Waals surface area contributed by atoms with Crippen molar-refractivity contribution in [2.45, 2.75) is 25.7 Å². The summed E-state index contributed by atoms with van der Waals surface area (Å²) in [5.41, 5.74) is 8.05. The van der Waals surface area contributed by atoms with Crippen LogP contribution >= 0.6 is 0 Å². The largest absolute Gasteiger partial charge is 0.494 e. The van der Waals surface area contributed by atoms with E-state index in [1.807, 2.05) is 19.1 Å². The number of ether oxygens (including phenoxy) is 1. The molecule has 0 saturated heterocycles. The Bertz CT molecular complexity index is 305. The molecule has 2 rings (SSSR count). The third kappa shape index (κ3) is 1.77. The van der Waals surface area contributed by atoms with E-state index < -0.39 is 0 Å². The SMILES string of the molecule is CCOc1ccc(N)c(C2CC2)c1. The van der Waals surface area contributed by atoms with Gasteiger partial charge in [0.2, 0.25) is 0 Å². The first kappa shape index (κ1) is 8.42. The molecule has 2 heteroatoms. The number of rotatable bonds is 3. The first-order valence-corrected chi connectivity index (χ1v) is 4.83. The van der Waals surface area contributed by atoms with Gasteiger partial charge in [-0.25, -0.2) is 0 Å². The van der Waals surface area contributed by atoms with E-state index in [1.54, 1.807) is 0 Å². The van der Waals surface area contributed by atoms with Gasteiger partial charge in [0.05, 0.1) is 6.61 Å². The molecule has 2 N–H and O–H groups in total. The first-order chi connectivity index (χ1) is 6.31. The Morgan fingerprint density at radius 2 is 2.23 bits per heavy atom. The van der Waals surface area contributed by atoms with Gasteiger partial charge in [-0.3, -0.25) is 0 Å². The number of hydrogen-bond donors (Lipinski definition) is 1. The highest BCUT2D eigenvalue weighted by Gasteiger charge is 2.25. The molecule has 1 fully saturated rings. The Morgan fingerprint density at radius 1 is 1.46 bits per heavy atom. The standard InChI is InChI=1S/C11H15NO/c1-2-13-9-5-6-11(12)10(7-9)8-3-4-8/h5-8H,2-4,12H2,1H3. The van der Waals surface area contributed by atoms with E-state index >= 15 is 0 Å². The van der Waals surface area contributed by atoms with Gasteiger partial charge in [-0.2, -0.15) is 0 Å². The second kappa shape index (κ2) is 3.29. The van der Waals surface area contributed by atoms with Gasteiger partial charge in [0.1, 0.15) is 5.75 Å². The van der Waals surface area contributed by atoms with Gasteiger partial charge in [-0.15, -0.1) is 0 Å². The maximum atomic E-state index is 5.87. The van der Waals surface area contributed by atoms with Crippen LogP contribution in [0.3, 0.4) is 0 Å². The molecule has 1 aromatic rings. The molecule has 0 spiro atoms. The molecule has 13 heavy (non-hydrogen) atoms. The number of anilines is 1. The van der Waals surface area contributed by atoms with Crippen molar-refractivity contribution in [3.63, 3.8) is 0 Å². The van der Waals surface area contributed by atoms with Crippen molar-refractivity contribution in [1.29, 1.82) is 0 Å². The molecule has 1 aliphatic carbocycles. The van der Waals surface area contributed by atoms with Gasteiger partial charge in [0.15, 0.2) is 0 Å². The number of hydrogen-bond acceptors (Lipinski definition) is 2. The number of nitrogen functional groups attached to an aromatic ring is 1. The molecule has 1 aromatic carbocycles. The van der Waals surface area contributed by atoms with E-state index in [0.29, 0.717) is 12.5 Å². The second-order valence-electron chi connectivity index (χ2n) is 3.50. The van der Waals surface area contributed by atoms with E-state index in [-0.39, 0.29) is 0 Å². The molecule has 0 aromatic heterocycles. The van der Waals surface area contributed by atoms with Crippen LogP contribution in [-0.2, 0) is 0 Å². The van der Waals surface area contributed by atoms with E-state index in [0.717, 1.165) is 11.4 Å². The minimum absolute atomic E-state index is 0.695. The van der Waals surface area contributed by atoms with Crippen molar-refractivity contribution < 1.29 is 4.74 Å². The van der Waals surface area contributed by atoms with Crippen molar-refractivity contribution in [3.05, 3.63) is 23.8 Å². The zero-order valence-electron chi connectivity index (χ0n) is 7.92. The molecule has 0 amide bonds. The predicted molar refractivity (Wildman–Crippen MR) is 54.0 cm³/mol. The molecule has 0 unspecified atom stereocenters. The van der Waals surface area contributed by atoms with Gasteiger partial charge in [-0.05, 0) is 49.4 Å². The van der Waals surface area contributed by atoms with Crippen molar-refractivity contribution in [2.24, 2.45) is 0 Å². The smallest absolute Gasteiger partial charge is 0.119 e. The highest BCUT2D eigenvalue weighted by molar-refractivity contribution is 5.53. The Morgan fingerprint density at radius 3 is 2.85 bits per heavy atom. The monoisotopic (exact) mass is 177 g/mol. The molecule has 70 valence electrons. The van der Waals surface area contributed by atoms with Crippen LogP contribution in [0.5, 0.6) is 5.75 Å². The molecule has 0 aliphatic heterocycles. The Labute approximate surface area is 78.7 Å². The maximum Gasteiger partial charge on any atom is 0.119 e. The minimum Gasteiger partial charge on any atom is -0.494 e. The lowest BCUT2D eigenvalue weighted by Gasteiger charge is -2.07. The number of benzene rings is 1. The fraction of sp³-hybridized carbons (Fsp3) is 0.455. The average Bonchev–Trinajstić information content (AvgIpc) is 2.92. The van der Waals surface area contributed by atoms with Crippen molar-refractivity contribution in [2.75, 3.05) is 12.3 Å². The summed E-state index contributed by atoms with van der Waals surface area (Å²) < 4.78 is 5.42. The van der Waals surface area contributed by atoms with Crippen LogP contribution < -0.4 is 10.5 Å². The van der Waals surface area contributed by atoms with E-state index in [1.165, 1.54) is 18.4 Å². The van der Waals surface area contributed by atoms with Crippen molar-refractivity contribution in [1.82, 2.24) is 0 Å². The van der Waals surface area contributed by atoms with Crippen molar-refractivity contribution in [3.8, 4) is 5.75 Å². The van der Waals surface area contributed by atoms with Crippen LogP contribution in [0.25, 0.3) is 0 Å². The van der Waals surface area contributed by atoms with Gasteiger partial charge < -0.3 is 10.5 Å². The third-order valence-corrected chi connectivity index (χ3v) is 2.39. The lowest BCUT2D eigenvalue weighted by Crippen LogP contribution is -1.96. The van der Waals surface area contributed by atoms with Gasteiger partial charge in [-0.1, -0.05) is 0 Å². The molecule has 0 heterocycles. The summed E-state index contributed by atoms with van der Waals surface area (Å²) in [6.07, 6.45) is 2.56. The van der Waals surface area contributed by atoms with E-state index in [2.05, 4.69) is 6.07 Å². The van der Waals surface area contributed by atoms with Crippen LogP contribution in [0.15, 0.2) is 18.2 Å². The molecule has 1 aliphatic rings. The highest BCUT2D eigenvalue weighted by atomic mass is 16.5. The van der Waals surface area contributed by atoms with E-state index in [4.69, 9.17) is 10.5 Å². The molecule has 2 nitrogen and oxygen atoms in total. The second-order valence-corrected chi connectivity index (χ2v) is 3.50. The van der Waals surface area contributed by atoms with E-state index in [9.17, 15) is 0 Å². The minimum atomic E-state index is 0.695. The molecule has 0 bridgehead atoms. The zero-order chi connectivity index (χ0) is 9.26. The topological polar surface area (TPSA) is 35.2 Å². The summed E-state index contributed by atoms with van der Waals surface area (Å²) in [4.78, 5) is 0. The predicted octanol–water partition coefficient (Wildman–Crippen LogP) is 2.54. The van der Waals surface area contributed by atoms with Crippen LogP contribution in [0, 0.1) is 0 Å². The average molecular weight is 177 g/mol. The quantitative estimate of drug-likeness (QED) is 0.720. The summed E-state index contributed by atoms with van der Waals surface area (Å²) in [5, 5.41) is 0. The normalized spacial score (nSPS) is 15.8. The summed E-state index contributed by atoms with van der Waals surface area (Å²) in [5.74, 6) is 1.64. The first-order valence-electron chi connectivity index (χ1n) is 4.83. The van der Waals surface area contributed by atoms with Crippen LogP contribution in [0.1, 0.15) is 31.2 Å². The Kier molecular flexibility index (Phi) is 2.13. The Hall–Kier alpha value is -1.18. The van der Waals surface area contributed by atoms with Gasteiger partial charge >= 0.3 is 0 Å². The third-order valence-electron chi connectivity index (χ3n) is 2.39. The molecule has 1 saturated carbocycles. The lowest BCUT2D eigenvalue weighted by atomic mass is 10.1.